The maximum atomic E-state index is 4.56. The van der Waals surface area contributed by atoms with Gasteiger partial charge in [0.15, 0.2) is 0 Å². The van der Waals surface area contributed by atoms with Crippen LogP contribution in [-0.4, -0.2) is 27.5 Å². The monoisotopic (exact) mass is 245 g/mol. The highest BCUT2D eigenvalue weighted by molar-refractivity contribution is 8.00. The van der Waals surface area contributed by atoms with Gasteiger partial charge in [-0.1, -0.05) is 12.1 Å². The van der Waals surface area contributed by atoms with E-state index in [1.807, 2.05) is 42.2 Å². The number of anilines is 1. The van der Waals surface area contributed by atoms with Crippen molar-refractivity contribution in [3.63, 3.8) is 0 Å². The normalized spacial score (nSPS) is 17.0. The van der Waals surface area contributed by atoms with Crippen molar-refractivity contribution in [1.29, 1.82) is 0 Å². The van der Waals surface area contributed by atoms with Crippen molar-refractivity contribution in [3.8, 4) is 0 Å². The van der Waals surface area contributed by atoms with E-state index in [9.17, 15) is 0 Å². The molecule has 3 rings (SSSR count). The second-order valence-electron chi connectivity index (χ2n) is 4.48. The standard InChI is InChI=1S/C13H15N3S/c1-17-13(6-7-13)9-15-12-8-14-10-4-2-3-5-11(10)16-12/h2-5,8H,6-7,9H2,1H3,(H,15,16). The molecule has 1 aliphatic rings. The summed E-state index contributed by atoms with van der Waals surface area (Å²) in [5, 5.41) is 3.40. The van der Waals surface area contributed by atoms with Gasteiger partial charge in [-0.2, -0.15) is 11.8 Å². The van der Waals surface area contributed by atoms with E-state index in [1.54, 1.807) is 0 Å². The second kappa shape index (κ2) is 4.18. The molecule has 0 saturated heterocycles. The Morgan fingerprint density at radius 3 is 2.76 bits per heavy atom. The van der Waals surface area contributed by atoms with E-state index in [1.165, 1.54) is 12.8 Å². The molecular formula is C13H15N3S. The lowest BCUT2D eigenvalue weighted by atomic mass is 10.3. The summed E-state index contributed by atoms with van der Waals surface area (Å²) in [6.07, 6.45) is 6.61. The molecule has 17 heavy (non-hydrogen) atoms. The quantitative estimate of drug-likeness (QED) is 0.898. The highest BCUT2D eigenvalue weighted by atomic mass is 32.2. The first-order valence-corrected chi connectivity index (χ1v) is 7.05. The van der Waals surface area contributed by atoms with Gasteiger partial charge in [-0.15, -0.1) is 0 Å². The summed E-state index contributed by atoms with van der Waals surface area (Å²) in [6.45, 7) is 0.987. The molecule has 0 amide bonds. The Labute approximate surface area is 105 Å². The predicted molar refractivity (Wildman–Crippen MR) is 73.5 cm³/mol. The lowest BCUT2D eigenvalue weighted by molar-refractivity contribution is 0.940. The van der Waals surface area contributed by atoms with E-state index >= 15 is 0 Å². The minimum Gasteiger partial charge on any atom is -0.367 e. The van der Waals surface area contributed by atoms with Gasteiger partial charge >= 0.3 is 0 Å². The van der Waals surface area contributed by atoms with Gasteiger partial charge < -0.3 is 5.32 Å². The van der Waals surface area contributed by atoms with Crippen LogP contribution in [0.5, 0.6) is 0 Å². The fraction of sp³-hybridized carbons (Fsp3) is 0.385. The minimum absolute atomic E-state index is 0.452. The lowest BCUT2D eigenvalue weighted by Gasteiger charge is -2.13. The van der Waals surface area contributed by atoms with Crippen molar-refractivity contribution in [2.45, 2.75) is 17.6 Å². The van der Waals surface area contributed by atoms with Crippen LogP contribution in [0.1, 0.15) is 12.8 Å². The second-order valence-corrected chi connectivity index (χ2v) is 5.76. The molecule has 1 aromatic carbocycles. The van der Waals surface area contributed by atoms with Crippen molar-refractivity contribution in [3.05, 3.63) is 30.5 Å². The number of thioether (sulfide) groups is 1. The lowest BCUT2D eigenvalue weighted by Crippen LogP contribution is -2.18. The summed E-state index contributed by atoms with van der Waals surface area (Å²) in [5.41, 5.74) is 1.90. The molecule has 1 aliphatic carbocycles. The van der Waals surface area contributed by atoms with Crippen LogP contribution < -0.4 is 5.32 Å². The van der Waals surface area contributed by atoms with Gasteiger partial charge in [-0.3, -0.25) is 4.98 Å². The third-order valence-electron chi connectivity index (χ3n) is 3.28. The van der Waals surface area contributed by atoms with Crippen molar-refractivity contribution in [2.75, 3.05) is 18.1 Å². The van der Waals surface area contributed by atoms with Crippen LogP contribution in [0.25, 0.3) is 11.0 Å². The zero-order valence-electron chi connectivity index (χ0n) is 9.81. The third kappa shape index (κ3) is 2.22. The van der Waals surface area contributed by atoms with Crippen molar-refractivity contribution in [1.82, 2.24) is 9.97 Å². The van der Waals surface area contributed by atoms with Gasteiger partial charge in [0, 0.05) is 11.3 Å². The minimum atomic E-state index is 0.452. The number of nitrogens with one attached hydrogen (secondary N) is 1. The molecule has 0 bridgehead atoms. The molecule has 0 aliphatic heterocycles. The Hall–Kier alpha value is -1.29. The molecule has 1 N–H and O–H groups in total. The largest absolute Gasteiger partial charge is 0.367 e. The summed E-state index contributed by atoms with van der Waals surface area (Å²) >= 11 is 1.95. The average molecular weight is 245 g/mol. The summed E-state index contributed by atoms with van der Waals surface area (Å²) in [6, 6.07) is 7.95. The van der Waals surface area contributed by atoms with Crippen molar-refractivity contribution in [2.24, 2.45) is 0 Å². The fourth-order valence-electron chi connectivity index (χ4n) is 1.89. The Balaban J connectivity index is 1.77. The van der Waals surface area contributed by atoms with E-state index in [-0.39, 0.29) is 0 Å². The van der Waals surface area contributed by atoms with E-state index < -0.39 is 0 Å². The molecule has 1 saturated carbocycles. The first-order chi connectivity index (χ1) is 8.31. The predicted octanol–water partition coefficient (Wildman–Crippen LogP) is 2.94. The zero-order valence-corrected chi connectivity index (χ0v) is 10.6. The summed E-state index contributed by atoms with van der Waals surface area (Å²) in [4.78, 5) is 8.95. The summed E-state index contributed by atoms with van der Waals surface area (Å²) in [5.74, 6) is 0.879. The van der Waals surface area contributed by atoms with Crippen LogP contribution in [0.15, 0.2) is 30.5 Å². The van der Waals surface area contributed by atoms with Crippen LogP contribution in [0, 0.1) is 0 Å². The summed E-state index contributed by atoms with van der Waals surface area (Å²) < 4.78 is 0.452. The van der Waals surface area contributed by atoms with E-state index in [0.717, 1.165) is 23.4 Å². The maximum Gasteiger partial charge on any atom is 0.145 e. The Morgan fingerprint density at radius 2 is 2.06 bits per heavy atom. The van der Waals surface area contributed by atoms with Crippen LogP contribution in [0.4, 0.5) is 5.82 Å². The highest BCUT2D eigenvalue weighted by Gasteiger charge is 2.41. The number of fused-ring (bicyclic) bond motifs is 1. The zero-order chi connectivity index (χ0) is 11.7. The van der Waals surface area contributed by atoms with Gasteiger partial charge in [0.1, 0.15) is 5.82 Å². The molecule has 1 fully saturated rings. The molecular weight excluding hydrogens is 230 g/mol. The van der Waals surface area contributed by atoms with Crippen molar-refractivity contribution < 1.29 is 0 Å². The Bertz CT molecular complexity index is 537. The fourth-order valence-corrected chi connectivity index (χ4v) is 2.61. The Kier molecular flexibility index (Phi) is 2.67. The maximum absolute atomic E-state index is 4.56. The SMILES string of the molecule is CSC1(CNc2cnc3ccccc3n2)CC1. The van der Waals surface area contributed by atoms with Crippen LogP contribution in [0.3, 0.4) is 0 Å². The third-order valence-corrected chi connectivity index (χ3v) is 4.70. The number of hydrogen-bond acceptors (Lipinski definition) is 4. The number of hydrogen-bond donors (Lipinski definition) is 1. The molecule has 3 nitrogen and oxygen atoms in total. The summed E-state index contributed by atoms with van der Waals surface area (Å²) in [7, 11) is 0. The molecule has 88 valence electrons. The number of aromatic nitrogens is 2. The van der Waals surface area contributed by atoms with Crippen LogP contribution in [0.2, 0.25) is 0 Å². The molecule has 4 heteroatoms. The smallest absolute Gasteiger partial charge is 0.145 e. The van der Waals surface area contributed by atoms with Crippen molar-refractivity contribution >= 4 is 28.6 Å². The number of nitrogens with zero attached hydrogens (tertiary/aromatic N) is 2. The number of para-hydroxylation sites is 2. The first-order valence-electron chi connectivity index (χ1n) is 5.82. The van der Waals surface area contributed by atoms with Gasteiger partial charge in [0.25, 0.3) is 0 Å². The van der Waals surface area contributed by atoms with E-state index in [0.29, 0.717) is 4.75 Å². The van der Waals surface area contributed by atoms with Gasteiger partial charge in [0.2, 0.25) is 0 Å². The highest BCUT2D eigenvalue weighted by Crippen LogP contribution is 2.46. The van der Waals surface area contributed by atoms with Gasteiger partial charge in [-0.05, 0) is 31.2 Å². The van der Waals surface area contributed by atoms with Crippen LogP contribution >= 0.6 is 11.8 Å². The number of benzene rings is 1. The molecule has 0 atom stereocenters. The Morgan fingerprint density at radius 1 is 1.29 bits per heavy atom. The van der Waals surface area contributed by atoms with E-state index in [4.69, 9.17) is 0 Å². The molecule has 0 spiro atoms. The molecule has 2 aromatic rings. The molecule has 1 aromatic heterocycles. The first kappa shape index (κ1) is 10.8. The van der Waals surface area contributed by atoms with Gasteiger partial charge in [-0.25, -0.2) is 4.98 Å². The average Bonchev–Trinajstić information content (AvgIpc) is 3.17. The van der Waals surface area contributed by atoms with Crippen LogP contribution in [-0.2, 0) is 0 Å². The molecule has 0 radical (unpaired) electrons. The molecule has 1 heterocycles. The number of rotatable bonds is 4. The van der Waals surface area contributed by atoms with E-state index in [2.05, 4.69) is 21.5 Å². The van der Waals surface area contributed by atoms with Gasteiger partial charge in [0.05, 0.1) is 17.2 Å². The topological polar surface area (TPSA) is 37.8 Å². The molecule has 0 unspecified atom stereocenters.